The third-order valence-corrected chi connectivity index (χ3v) is 7.64. The third-order valence-electron chi connectivity index (χ3n) is 4.09. The van der Waals surface area contributed by atoms with E-state index in [9.17, 15) is 4.79 Å². The van der Waals surface area contributed by atoms with Gasteiger partial charge in [-0.25, -0.2) is 0 Å². The molecule has 0 aliphatic carbocycles. The molecule has 2 aromatic heterocycles. The summed E-state index contributed by atoms with van der Waals surface area (Å²) in [4.78, 5) is 24.2. The molecule has 23 heavy (non-hydrogen) atoms. The average molecular weight is 423 g/mol. The number of aromatic amines is 1. The number of hydrogen-bond donors (Lipinski definition) is 1. The van der Waals surface area contributed by atoms with Crippen molar-refractivity contribution in [1.82, 2.24) is 19.5 Å². The van der Waals surface area contributed by atoms with Crippen molar-refractivity contribution >= 4 is 36.1 Å². The Bertz CT molecular complexity index is 726. The van der Waals surface area contributed by atoms with Gasteiger partial charge in [0.05, 0.1) is 0 Å². The molecule has 0 aromatic carbocycles. The number of hydrogen-bond acceptors (Lipinski definition) is 4. The molecule has 1 fully saturated rings. The van der Waals surface area contributed by atoms with E-state index in [1.165, 1.54) is 0 Å². The molecule has 0 saturated carbocycles. The fraction of sp³-hybridized carbons (Fsp3) is 0.688. The Morgan fingerprint density at radius 3 is 2.83 bits per heavy atom. The number of rotatable bonds is 4. The van der Waals surface area contributed by atoms with E-state index in [4.69, 9.17) is 9.72 Å². The van der Waals surface area contributed by atoms with Gasteiger partial charge >= 0.3 is 146 Å². The van der Waals surface area contributed by atoms with Gasteiger partial charge in [-0.15, -0.1) is 0 Å². The number of aryl methyl sites for hydroxylation is 1. The van der Waals surface area contributed by atoms with Crippen LogP contribution in [0.2, 0.25) is 3.43 Å². The van der Waals surface area contributed by atoms with Crippen molar-refractivity contribution in [2.45, 2.75) is 50.0 Å². The average Bonchev–Trinajstić information content (AvgIpc) is 2.79. The van der Waals surface area contributed by atoms with Crippen molar-refractivity contribution in [3.63, 3.8) is 0 Å². The molecule has 2 radical (unpaired) electrons. The monoisotopic (exact) mass is 424 g/mol. The maximum absolute atomic E-state index is 12.2. The number of ether oxygens (including phenoxy) is 1. The van der Waals surface area contributed by atoms with Gasteiger partial charge in [0, 0.05) is 0 Å². The Morgan fingerprint density at radius 1 is 1.39 bits per heavy atom. The summed E-state index contributed by atoms with van der Waals surface area (Å²) >= 11 is -0.826. The second-order valence-electron chi connectivity index (χ2n) is 7.23. The predicted octanol–water partition coefficient (Wildman–Crippen LogP) is 1.48. The third kappa shape index (κ3) is 4.35. The van der Waals surface area contributed by atoms with E-state index in [1.54, 1.807) is 4.57 Å². The quantitative estimate of drug-likeness (QED) is 0.757. The molecule has 0 spiro atoms. The Kier molecular flexibility index (Phi) is 5.10. The van der Waals surface area contributed by atoms with Crippen LogP contribution in [0.5, 0.6) is 0 Å². The summed E-state index contributed by atoms with van der Waals surface area (Å²) in [6, 6.07) is 0. The van der Waals surface area contributed by atoms with Crippen LogP contribution in [0.15, 0.2) is 11.0 Å². The Balaban J connectivity index is 1.81. The van der Waals surface area contributed by atoms with Crippen LogP contribution < -0.4 is 9.40 Å². The summed E-state index contributed by atoms with van der Waals surface area (Å²) in [5, 5.41) is 0. The van der Waals surface area contributed by atoms with Gasteiger partial charge in [-0.3, -0.25) is 0 Å². The molecule has 0 unspecified atom stereocenters. The van der Waals surface area contributed by atoms with Gasteiger partial charge in [0.15, 0.2) is 0 Å². The summed E-state index contributed by atoms with van der Waals surface area (Å²) in [7, 11) is 0. The fourth-order valence-corrected chi connectivity index (χ4v) is 5.94. The van der Waals surface area contributed by atoms with Crippen molar-refractivity contribution < 1.29 is 4.74 Å². The van der Waals surface area contributed by atoms with E-state index in [-0.39, 0.29) is 5.69 Å². The molecule has 3 rings (SSSR count). The van der Waals surface area contributed by atoms with Crippen molar-refractivity contribution in [3.8, 4) is 0 Å². The van der Waals surface area contributed by atoms with Crippen LogP contribution >= 0.6 is 0 Å². The first kappa shape index (κ1) is 16.9. The van der Waals surface area contributed by atoms with E-state index in [0.29, 0.717) is 21.5 Å². The molecule has 0 atom stereocenters. The van der Waals surface area contributed by atoms with Crippen LogP contribution in [-0.4, -0.2) is 53.9 Å². The Labute approximate surface area is 146 Å². The summed E-state index contributed by atoms with van der Waals surface area (Å²) < 4.78 is 8.59. The van der Waals surface area contributed by atoms with Crippen molar-refractivity contribution in [1.29, 1.82) is 0 Å². The minimum atomic E-state index is -0.826. The number of nitrogens with one attached hydrogen (secondary N) is 1. The van der Waals surface area contributed by atoms with Crippen molar-refractivity contribution in [2.75, 3.05) is 13.2 Å². The molecular weight excluding hydrogens is 399 g/mol. The molecule has 1 aliphatic heterocycles. The van der Waals surface area contributed by atoms with E-state index >= 15 is 0 Å². The Hall–Kier alpha value is -0.891. The number of nitrogens with zero attached hydrogens (tertiary/aromatic N) is 3. The zero-order chi connectivity index (χ0) is 16.4. The molecule has 2 aromatic rings. The van der Waals surface area contributed by atoms with Gasteiger partial charge in [-0.1, -0.05) is 0 Å². The second kappa shape index (κ2) is 6.92. The SMILES string of the molecule is C[C](C)(C)[Sn][c]1cnc2[nH]c(=O)n(CCC3CCOCC3)c2n1. The van der Waals surface area contributed by atoms with Gasteiger partial charge < -0.3 is 0 Å². The Morgan fingerprint density at radius 2 is 2.13 bits per heavy atom. The molecule has 124 valence electrons. The minimum absolute atomic E-state index is 0.0923. The number of fused-ring (bicyclic) bond motifs is 1. The van der Waals surface area contributed by atoms with Crippen molar-refractivity contribution in [3.05, 3.63) is 16.7 Å². The van der Waals surface area contributed by atoms with Crippen LogP contribution in [0.25, 0.3) is 11.3 Å². The van der Waals surface area contributed by atoms with E-state index < -0.39 is 21.1 Å². The topological polar surface area (TPSA) is 72.8 Å². The van der Waals surface area contributed by atoms with E-state index in [1.807, 2.05) is 6.20 Å². The molecule has 0 bridgehead atoms. The van der Waals surface area contributed by atoms with Crippen LogP contribution in [0.3, 0.4) is 0 Å². The summed E-state index contributed by atoms with van der Waals surface area (Å²) in [5.41, 5.74) is 1.24. The van der Waals surface area contributed by atoms with Crippen LogP contribution in [-0.2, 0) is 11.3 Å². The van der Waals surface area contributed by atoms with Gasteiger partial charge in [0.2, 0.25) is 0 Å². The number of imidazole rings is 1. The van der Waals surface area contributed by atoms with Gasteiger partial charge in [-0.05, 0) is 0 Å². The number of aromatic nitrogens is 4. The predicted molar refractivity (Wildman–Crippen MR) is 91.4 cm³/mol. The molecule has 3 heterocycles. The van der Waals surface area contributed by atoms with Crippen molar-refractivity contribution in [2.24, 2.45) is 5.92 Å². The summed E-state index contributed by atoms with van der Waals surface area (Å²) in [5.74, 6) is 0.641. The second-order valence-corrected chi connectivity index (χ2v) is 13.7. The summed E-state index contributed by atoms with van der Waals surface area (Å²) in [6.07, 6.45) is 5.03. The van der Waals surface area contributed by atoms with Gasteiger partial charge in [0.1, 0.15) is 0 Å². The molecule has 1 N–H and O–H groups in total. The molecular formula is C16H24N4O2Sn. The number of H-pyrrole nitrogens is 1. The van der Waals surface area contributed by atoms with Gasteiger partial charge in [0.25, 0.3) is 0 Å². The van der Waals surface area contributed by atoms with Crippen LogP contribution in [0.4, 0.5) is 0 Å². The molecule has 6 nitrogen and oxygen atoms in total. The van der Waals surface area contributed by atoms with E-state index in [0.717, 1.165) is 41.8 Å². The normalized spacial score (nSPS) is 17.0. The van der Waals surface area contributed by atoms with E-state index in [2.05, 4.69) is 30.7 Å². The van der Waals surface area contributed by atoms with Gasteiger partial charge in [-0.2, -0.15) is 0 Å². The molecule has 1 saturated heterocycles. The summed E-state index contributed by atoms with van der Waals surface area (Å²) in [6.45, 7) is 9.15. The first-order chi connectivity index (χ1) is 10.9. The standard InChI is InChI=1S/C12H15N4O2.C4H9.Sn/c17-12-15-10-11(14-5-4-13-10)16(12)6-1-9-2-7-18-8-3-9;1-4(2)3;/h4,9H,1-3,6-8H2,(H,13,15,17);1-3H3;. The fourth-order valence-electron chi connectivity index (χ4n) is 2.92. The zero-order valence-electron chi connectivity index (χ0n) is 14.1. The first-order valence-corrected chi connectivity index (χ1v) is 11.1. The van der Waals surface area contributed by atoms with Crippen LogP contribution in [0.1, 0.15) is 40.0 Å². The first-order valence-electron chi connectivity index (χ1n) is 8.24. The van der Waals surface area contributed by atoms with Crippen LogP contribution in [0, 0.1) is 5.92 Å². The molecule has 1 aliphatic rings. The molecule has 7 heteroatoms. The molecule has 0 amide bonds. The maximum atomic E-state index is 12.2. The zero-order valence-corrected chi connectivity index (χ0v) is 16.9.